The number of nitrogens with zero attached hydrogens (tertiary/aromatic N) is 3. The van der Waals surface area contributed by atoms with E-state index in [2.05, 4.69) is 51.0 Å². The fourth-order valence-corrected chi connectivity index (χ4v) is 4.03. The van der Waals surface area contributed by atoms with Gasteiger partial charge in [-0.15, -0.1) is 0 Å². The van der Waals surface area contributed by atoms with Crippen LogP contribution < -0.4 is 19.9 Å². The van der Waals surface area contributed by atoms with Gasteiger partial charge in [0.2, 0.25) is 0 Å². The molecule has 0 atom stereocenters. The zero-order valence-electron chi connectivity index (χ0n) is 17.8. The van der Waals surface area contributed by atoms with Gasteiger partial charge in [0.15, 0.2) is 11.5 Å². The molecule has 1 aliphatic rings. The first-order chi connectivity index (χ1) is 14.6. The molecule has 0 radical (unpaired) electrons. The van der Waals surface area contributed by atoms with Gasteiger partial charge >= 0.3 is 0 Å². The number of hydrogen-bond acceptors (Lipinski definition) is 6. The first-order valence-corrected chi connectivity index (χ1v) is 10.3. The molecule has 4 rings (SSSR count). The number of aryl methyl sites for hydroxylation is 1. The lowest BCUT2D eigenvalue weighted by atomic mass is 10.1. The average molecular weight is 409 g/mol. The van der Waals surface area contributed by atoms with Crippen molar-refractivity contribution in [1.29, 1.82) is 0 Å². The van der Waals surface area contributed by atoms with Crippen molar-refractivity contribution in [3.63, 3.8) is 0 Å². The van der Waals surface area contributed by atoms with Gasteiger partial charge in [0.1, 0.15) is 5.82 Å². The van der Waals surface area contributed by atoms with Gasteiger partial charge < -0.3 is 19.4 Å². The molecule has 0 spiro atoms. The number of anilines is 1. The number of H-pyrrole nitrogens is 1. The van der Waals surface area contributed by atoms with Crippen LogP contribution in [0.2, 0.25) is 0 Å². The molecule has 1 fully saturated rings. The van der Waals surface area contributed by atoms with Crippen LogP contribution in [0.25, 0.3) is 10.9 Å². The zero-order chi connectivity index (χ0) is 21.1. The minimum Gasteiger partial charge on any atom is -0.493 e. The van der Waals surface area contributed by atoms with Gasteiger partial charge in [0, 0.05) is 50.9 Å². The molecular weight excluding hydrogens is 380 g/mol. The van der Waals surface area contributed by atoms with Crippen molar-refractivity contribution in [2.24, 2.45) is 0 Å². The van der Waals surface area contributed by atoms with E-state index in [9.17, 15) is 4.79 Å². The molecule has 0 aliphatic carbocycles. The minimum absolute atomic E-state index is 0.152. The fourth-order valence-electron chi connectivity index (χ4n) is 4.03. The molecule has 0 unspecified atom stereocenters. The van der Waals surface area contributed by atoms with E-state index in [0.29, 0.717) is 34.6 Å². The molecule has 0 bridgehead atoms. The lowest BCUT2D eigenvalue weighted by Crippen LogP contribution is -2.47. The highest BCUT2D eigenvalue weighted by molar-refractivity contribution is 5.81. The van der Waals surface area contributed by atoms with Gasteiger partial charge in [0.05, 0.1) is 25.1 Å². The van der Waals surface area contributed by atoms with Crippen LogP contribution in [0.15, 0.2) is 41.2 Å². The van der Waals surface area contributed by atoms with E-state index in [4.69, 9.17) is 9.47 Å². The Hall–Kier alpha value is -3.06. The molecule has 0 saturated carbocycles. The highest BCUT2D eigenvalue weighted by Crippen LogP contribution is 2.30. The molecule has 7 nitrogen and oxygen atoms in total. The van der Waals surface area contributed by atoms with E-state index in [1.54, 1.807) is 26.4 Å². The third kappa shape index (κ3) is 4.11. The Balaban J connectivity index is 1.42. The summed E-state index contributed by atoms with van der Waals surface area (Å²) in [7, 11) is 3.13. The molecule has 158 valence electrons. The number of ether oxygens (including phenoxy) is 2. The van der Waals surface area contributed by atoms with Crippen molar-refractivity contribution in [2.45, 2.75) is 13.3 Å². The van der Waals surface area contributed by atoms with E-state index in [1.807, 2.05) is 0 Å². The van der Waals surface area contributed by atoms with Gasteiger partial charge in [0.25, 0.3) is 5.56 Å². The predicted octanol–water partition coefficient (Wildman–Crippen LogP) is 2.61. The Morgan fingerprint density at radius 3 is 2.43 bits per heavy atom. The number of piperazine rings is 1. The second-order valence-electron chi connectivity index (χ2n) is 7.60. The number of nitrogens with one attached hydrogen (secondary N) is 1. The van der Waals surface area contributed by atoms with Crippen molar-refractivity contribution in [3.05, 3.63) is 58.1 Å². The Morgan fingerprint density at radius 2 is 1.73 bits per heavy atom. The number of fused-ring (bicyclic) bond motifs is 1. The van der Waals surface area contributed by atoms with Crippen LogP contribution in [-0.2, 0) is 6.42 Å². The first-order valence-electron chi connectivity index (χ1n) is 10.3. The van der Waals surface area contributed by atoms with Crippen LogP contribution in [0.4, 0.5) is 5.69 Å². The number of aromatic nitrogens is 2. The molecule has 1 saturated heterocycles. The summed E-state index contributed by atoms with van der Waals surface area (Å²) in [6.07, 6.45) is 0.698. The first kappa shape index (κ1) is 20.2. The van der Waals surface area contributed by atoms with Crippen LogP contribution in [0.3, 0.4) is 0 Å². The summed E-state index contributed by atoms with van der Waals surface area (Å²) < 4.78 is 10.6. The number of para-hydroxylation sites is 1. The third-order valence-electron chi connectivity index (χ3n) is 5.75. The number of aromatic amines is 1. The molecule has 2 aromatic carbocycles. The molecule has 1 aromatic heterocycles. The molecule has 2 heterocycles. The number of rotatable bonds is 6. The highest BCUT2D eigenvalue weighted by Gasteiger charge is 2.18. The van der Waals surface area contributed by atoms with E-state index in [0.717, 1.165) is 32.7 Å². The fraction of sp³-hybridized carbons (Fsp3) is 0.391. The molecule has 0 amide bonds. The quantitative estimate of drug-likeness (QED) is 0.676. The Morgan fingerprint density at radius 1 is 1.03 bits per heavy atom. The summed E-state index contributed by atoms with van der Waals surface area (Å²) in [6.45, 7) is 7.03. The molecule has 1 N–H and O–H groups in total. The van der Waals surface area contributed by atoms with Crippen molar-refractivity contribution in [1.82, 2.24) is 14.9 Å². The van der Waals surface area contributed by atoms with Crippen LogP contribution in [0.5, 0.6) is 11.5 Å². The largest absolute Gasteiger partial charge is 0.493 e. The van der Waals surface area contributed by atoms with E-state index < -0.39 is 0 Å². The van der Waals surface area contributed by atoms with Gasteiger partial charge in [-0.05, 0) is 24.6 Å². The maximum absolute atomic E-state index is 12.5. The smallest absolute Gasteiger partial charge is 0.258 e. The summed E-state index contributed by atoms with van der Waals surface area (Å²) in [5, 5.41) is 0.503. The Labute approximate surface area is 176 Å². The van der Waals surface area contributed by atoms with Gasteiger partial charge in [-0.1, -0.05) is 18.2 Å². The second-order valence-corrected chi connectivity index (χ2v) is 7.60. The highest BCUT2D eigenvalue weighted by atomic mass is 16.5. The summed E-state index contributed by atoms with van der Waals surface area (Å²) in [6, 6.07) is 12.0. The second kappa shape index (κ2) is 8.75. The monoisotopic (exact) mass is 408 g/mol. The SMILES string of the molecule is COc1cc2nc(CCN3CCN(c4ccccc4C)CC3)[nH]c(=O)c2cc1OC. The van der Waals surface area contributed by atoms with Gasteiger partial charge in [-0.25, -0.2) is 4.98 Å². The van der Waals surface area contributed by atoms with Gasteiger partial charge in [-0.2, -0.15) is 0 Å². The van der Waals surface area contributed by atoms with Crippen molar-refractivity contribution in [2.75, 3.05) is 51.8 Å². The summed E-state index contributed by atoms with van der Waals surface area (Å²) in [5.41, 5.74) is 3.11. The number of benzene rings is 2. The molecule has 30 heavy (non-hydrogen) atoms. The van der Waals surface area contributed by atoms with Crippen LogP contribution in [0, 0.1) is 6.92 Å². The Kier molecular flexibility index (Phi) is 5.90. The van der Waals surface area contributed by atoms with Crippen LogP contribution in [-0.4, -0.2) is 61.8 Å². The predicted molar refractivity (Wildman–Crippen MR) is 119 cm³/mol. The normalized spacial score (nSPS) is 14.8. The average Bonchev–Trinajstić information content (AvgIpc) is 2.77. The standard InChI is InChI=1S/C23H28N4O3/c1-16-6-4-5-7-19(16)27-12-10-26(11-13-27)9-8-22-24-18-15-21(30-3)20(29-2)14-17(18)23(28)25-22/h4-7,14-15H,8-13H2,1-3H3,(H,24,25,28). The number of hydrogen-bond donors (Lipinski definition) is 1. The van der Waals surface area contributed by atoms with E-state index in [-0.39, 0.29) is 5.56 Å². The van der Waals surface area contributed by atoms with Gasteiger partial charge in [-0.3, -0.25) is 9.69 Å². The zero-order valence-corrected chi connectivity index (χ0v) is 17.8. The van der Waals surface area contributed by atoms with Crippen LogP contribution in [0.1, 0.15) is 11.4 Å². The van der Waals surface area contributed by atoms with Crippen molar-refractivity contribution in [3.8, 4) is 11.5 Å². The lowest BCUT2D eigenvalue weighted by Gasteiger charge is -2.36. The third-order valence-corrected chi connectivity index (χ3v) is 5.75. The minimum atomic E-state index is -0.152. The summed E-state index contributed by atoms with van der Waals surface area (Å²) in [5.74, 6) is 1.79. The van der Waals surface area contributed by atoms with Crippen molar-refractivity contribution >= 4 is 16.6 Å². The topological polar surface area (TPSA) is 70.7 Å². The lowest BCUT2D eigenvalue weighted by molar-refractivity contribution is 0.259. The van der Waals surface area contributed by atoms with Crippen molar-refractivity contribution < 1.29 is 9.47 Å². The maximum atomic E-state index is 12.5. The maximum Gasteiger partial charge on any atom is 0.258 e. The summed E-state index contributed by atoms with van der Waals surface area (Å²) in [4.78, 5) is 25.0. The molecule has 3 aromatic rings. The van der Waals surface area contributed by atoms with E-state index >= 15 is 0 Å². The summed E-state index contributed by atoms with van der Waals surface area (Å²) >= 11 is 0. The molecule has 7 heteroatoms. The van der Waals surface area contributed by atoms with Crippen LogP contribution >= 0.6 is 0 Å². The Bertz CT molecular complexity index is 1090. The number of methoxy groups -OCH3 is 2. The molecular formula is C23H28N4O3. The molecule has 1 aliphatic heterocycles. The van der Waals surface area contributed by atoms with E-state index in [1.165, 1.54) is 11.3 Å².